The Hall–Kier alpha value is -0.890. The molecule has 1 amide bonds. The maximum Gasteiger partial charge on any atom is 0.223 e. The van der Waals surface area contributed by atoms with Gasteiger partial charge >= 0.3 is 0 Å². The van der Waals surface area contributed by atoms with Gasteiger partial charge in [-0.2, -0.15) is 4.98 Å². The van der Waals surface area contributed by atoms with E-state index in [2.05, 4.69) is 20.4 Å². The number of nitrogens with zero attached hydrogens (tertiary/aromatic N) is 4. The largest absolute Gasteiger partial charge is 0.340 e. The first kappa shape index (κ1) is 22.2. The van der Waals surface area contributed by atoms with Crippen molar-refractivity contribution in [2.45, 2.75) is 39.2 Å². The number of nitrogens with one attached hydrogen (secondary N) is 1. The Morgan fingerprint density at radius 1 is 1.20 bits per heavy atom. The average molecular weight is 394 g/mol. The molecule has 2 saturated heterocycles. The van der Waals surface area contributed by atoms with Crippen molar-refractivity contribution in [1.29, 1.82) is 0 Å². The minimum Gasteiger partial charge on any atom is -0.340 e. The summed E-state index contributed by atoms with van der Waals surface area (Å²) in [5.74, 6) is 2.38. The quantitative estimate of drug-likeness (QED) is 0.819. The highest BCUT2D eigenvalue weighted by molar-refractivity contribution is 5.85. The number of hydrogen-bond donors (Lipinski definition) is 1. The van der Waals surface area contributed by atoms with Crippen LogP contribution in [-0.2, 0) is 11.3 Å². The Balaban J connectivity index is 0.00000156. The van der Waals surface area contributed by atoms with Gasteiger partial charge in [-0.25, -0.2) is 0 Å². The molecule has 0 bridgehead atoms. The molecule has 3 heterocycles. The third-order valence-corrected chi connectivity index (χ3v) is 4.88. The van der Waals surface area contributed by atoms with Gasteiger partial charge in [-0.15, -0.1) is 24.8 Å². The first-order valence-electron chi connectivity index (χ1n) is 8.71. The lowest BCUT2D eigenvalue weighted by Crippen LogP contribution is -2.48. The number of rotatable bonds is 5. The highest BCUT2D eigenvalue weighted by Gasteiger charge is 2.23. The number of carbonyl (C=O) groups excluding carboxylic acids is 1. The van der Waals surface area contributed by atoms with E-state index in [4.69, 9.17) is 4.52 Å². The Kier molecular flexibility index (Phi) is 9.71. The van der Waals surface area contributed by atoms with E-state index in [1.807, 2.05) is 4.90 Å². The summed E-state index contributed by atoms with van der Waals surface area (Å²) in [6, 6.07) is 0. The molecule has 1 N–H and O–H groups in total. The second-order valence-corrected chi connectivity index (χ2v) is 6.62. The highest BCUT2D eigenvalue weighted by Crippen LogP contribution is 2.18. The zero-order valence-corrected chi connectivity index (χ0v) is 16.4. The third-order valence-electron chi connectivity index (χ3n) is 4.88. The van der Waals surface area contributed by atoms with E-state index in [0.29, 0.717) is 24.8 Å². The molecule has 0 atom stereocenters. The van der Waals surface area contributed by atoms with E-state index < -0.39 is 0 Å². The summed E-state index contributed by atoms with van der Waals surface area (Å²) in [5, 5.41) is 7.31. The van der Waals surface area contributed by atoms with Crippen LogP contribution < -0.4 is 5.32 Å². The summed E-state index contributed by atoms with van der Waals surface area (Å²) in [4.78, 5) is 20.9. The molecule has 2 fully saturated rings. The molecule has 7 nitrogen and oxygen atoms in total. The minimum absolute atomic E-state index is 0. The van der Waals surface area contributed by atoms with E-state index in [0.717, 1.165) is 57.4 Å². The van der Waals surface area contributed by atoms with Crippen LogP contribution in [0.25, 0.3) is 0 Å². The van der Waals surface area contributed by atoms with Crippen molar-refractivity contribution in [3.8, 4) is 0 Å². The Morgan fingerprint density at radius 3 is 2.48 bits per heavy atom. The summed E-state index contributed by atoms with van der Waals surface area (Å²) in [5.41, 5.74) is 0. The number of piperidine rings is 1. The lowest BCUT2D eigenvalue weighted by molar-refractivity contribution is -0.133. The molecule has 2 aliphatic rings. The first-order valence-corrected chi connectivity index (χ1v) is 8.71. The van der Waals surface area contributed by atoms with Crippen LogP contribution in [0, 0.1) is 12.8 Å². The number of halogens is 2. The van der Waals surface area contributed by atoms with Gasteiger partial charge in [0.15, 0.2) is 5.82 Å². The number of amides is 1. The van der Waals surface area contributed by atoms with Crippen molar-refractivity contribution < 1.29 is 9.32 Å². The van der Waals surface area contributed by atoms with E-state index in [9.17, 15) is 4.79 Å². The summed E-state index contributed by atoms with van der Waals surface area (Å²) >= 11 is 0. The molecule has 9 heteroatoms. The molecule has 0 unspecified atom stereocenters. The minimum atomic E-state index is 0. The van der Waals surface area contributed by atoms with Crippen LogP contribution in [0.4, 0.5) is 0 Å². The predicted molar refractivity (Wildman–Crippen MR) is 100 cm³/mol. The molecule has 0 aliphatic carbocycles. The fourth-order valence-corrected chi connectivity index (χ4v) is 3.42. The fraction of sp³-hybridized carbons (Fsp3) is 0.812. The van der Waals surface area contributed by atoms with Gasteiger partial charge in [-0.05, 0) is 38.3 Å². The van der Waals surface area contributed by atoms with Gasteiger partial charge < -0.3 is 14.7 Å². The molecule has 144 valence electrons. The SMILES string of the molecule is Cc1nc(CN2CCN(C(=O)CCC3CCNCC3)CC2)no1.Cl.Cl. The molecule has 0 saturated carbocycles. The second-order valence-electron chi connectivity index (χ2n) is 6.62. The van der Waals surface area contributed by atoms with E-state index in [-0.39, 0.29) is 24.8 Å². The molecule has 25 heavy (non-hydrogen) atoms. The number of carbonyl (C=O) groups is 1. The van der Waals surface area contributed by atoms with Crippen LogP contribution in [0.15, 0.2) is 4.52 Å². The monoisotopic (exact) mass is 393 g/mol. The topological polar surface area (TPSA) is 74.5 Å². The highest BCUT2D eigenvalue weighted by atomic mass is 35.5. The summed E-state index contributed by atoms with van der Waals surface area (Å²) in [6.45, 7) is 8.09. The smallest absolute Gasteiger partial charge is 0.223 e. The predicted octanol–water partition coefficient (Wildman–Crippen LogP) is 1.65. The molecular formula is C16H29Cl2N5O2. The molecule has 1 aromatic rings. The van der Waals surface area contributed by atoms with Crippen molar-refractivity contribution in [3.63, 3.8) is 0 Å². The number of aromatic nitrogens is 2. The van der Waals surface area contributed by atoms with Crippen molar-refractivity contribution in [1.82, 2.24) is 25.3 Å². The summed E-state index contributed by atoms with van der Waals surface area (Å²) in [6.07, 6.45) is 4.17. The third kappa shape index (κ3) is 6.73. The Morgan fingerprint density at radius 2 is 1.88 bits per heavy atom. The lowest BCUT2D eigenvalue weighted by Gasteiger charge is -2.34. The van der Waals surface area contributed by atoms with Crippen LogP contribution in [0.2, 0.25) is 0 Å². The molecule has 1 aromatic heterocycles. The average Bonchev–Trinajstić information content (AvgIpc) is 2.99. The van der Waals surface area contributed by atoms with Crippen molar-refractivity contribution >= 4 is 30.7 Å². The van der Waals surface area contributed by atoms with Gasteiger partial charge in [0.1, 0.15) is 0 Å². The molecular weight excluding hydrogens is 365 g/mol. The van der Waals surface area contributed by atoms with E-state index in [1.54, 1.807) is 6.92 Å². The van der Waals surface area contributed by atoms with Crippen LogP contribution in [0.1, 0.15) is 37.4 Å². The van der Waals surface area contributed by atoms with Crippen LogP contribution in [0.3, 0.4) is 0 Å². The Bertz CT molecular complexity index is 514. The molecule has 0 aromatic carbocycles. The van der Waals surface area contributed by atoms with Crippen molar-refractivity contribution in [3.05, 3.63) is 11.7 Å². The van der Waals surface area contributed by atoms with Crippen LogP contribution in [-0.4, -0.2) is 65.1 Å². The number of piperazine rings is 1. The maximum absolute atomic E-state index is 12.4. The normalized spacial score (nSPS) is 19.2. The van der Waals surface area contributed by atoms with Crippen molar-refractivity contribution in [2.75, 3.05) is 39.3 Å². The molecule has 3 rings (SSSR count). The summed E-state index contributed by atoms with van der Waals surface area (Å²) < 4.78 is 5.00. The first-order chi connectivity index (χ1) is 11.2. The number of aryl methyl sites for hydroxylation is 1. The van der Waals surface area contributed by atoms with Crippen LogP contribution in [0.5, 0.6) is 0 Å². The Labute approximate surface area is 161 Å². The van der Waals surface area contributed by atoms with Gasteiger partial charge in [-0.3, -0.25) is 9.69 Å². The van der Waals surface area contributed by atoms with Crippen LogP contribution >= 0.6 is 24.8 Å². The van der Waals surface area contributed by atoms with Gasteiger partial charge in [-0.1, -0.05) is 5.16 Å². The second kappa shape index (κ2) is 11.0. The van der Waals surface area contributed by atoms with Crippen molar-refractivity contribution in [2.24, 2.45) is 5.92 Å². The lowest BCUT2D eigenvalue weighted by atomic mass is 9.93. The van der Waals surface area contributed by atoms with Gasteiger partial charge in [0.2, 0.25) is 11.8 Å². The fourth-order valence-electron chi connectivity index (χ4n) is 3.42. The zero-order chi connectivity index (χ0) is 16.1. The van der Waals surface area contributed by atoms with E-state index in [1.165, 1.54) is 12.8 Å². The standard InChI is InChI=1S/C16H27N5O2.2ClH/c1-13-18-15(19-23-13)12-20-8-10-21(11-9-20)16(22)3-2-14-4-6-17-7-5-14;;/h14,17H,2-12H2,1H3;2*1H. The van der Waals surface area contributed by atoms with Gasteiger partial charge in [0, 0.05) is 39.5 Å². The maximum atomic E-state index is 12.4. The molecule has 0 radical (unpaired) electrons. The van der Waals surface area contributed by atoms with Gasteiger partial charge in [0.25, 0.3) is 0 Å². The van der Waals surface area contributed by atoms with E-state index >= 15 is 0 Å². The molecule has 2 aliphatic heterocycles. The zero-order valence-electron chi connectivity index (χ0n) is 14.8. The molecule has 0 spiro atoms. The number of hydrogen-bond acceptors (Lipinski definition) is 6. The summed E-state index contributed by atoms with van der Waals surface area (Å²) in [7, 11) is 0. The van der Waals surface area contributed by atoms with Gasteiger partial charge in [0.05, 0.1) is 6.54 Å².